The van der Waals surface area contributed by atoms with Crippen LogP contribution in [0.4, 0.5) is 30.7 Å². The van der Waals surface area contributed by atoms with Crippen LogP contribution in [0.2, 0.25) is 0 Å². The molecule has 0 amide bonds. The van der Waals surface area contributed by atoms with Crippen molar-refractivity contribution in [2.24, 2.45) is 7.05 Å². The van der Waals surface area contributed by atoms with Gasteiger partial charge in [-0.15, -0.1) is 0 Å². The molecule has 0 fully saturated rings. The molecule has 0 N–H and O–H groups in total. The lowest BCUT2D eigenvalue weighted by molar-refractivity contribution is -0.730. The van der Waals surface area contributed by atoms with E-state index in [0.717, 1.165) is 7.05 Å². The Balaban J connectivity index is 2.90. The van der Waals surface area contributed by atoms with Crippen molar-refractivity contribution in [3.63, 3.8) is 0 Å². The second-order valence-corrected chi connectivity index (χ2v) is 3.84. The summed E-state index contributed by atoms with van der Waals surface area (Å²) < 4.78 is 95.7. The van der Waals surface area contributed by atoms with Gasteiger partial charge in [0.05, 0.1) is 5.27 Å². The number of benzene rings is 1. The van der Waals surface area contributed by atoms with Crippen LogP contribution < -0.4 is 9.79 Å². The first-order valence-electron chi connectivity index (χ1n) is 5.03. The monoisotopic (exact) mass is 316 g/mol. The molecule has 0 aliphatic carbocycles. The molecular formula is C10H3F7N2O2. The summed E-state index contributed by atoms with van der Waals surface area (Å²) in [5, 5.41) is 14.1. The lowest BCUT2D eigenvalue weighted by Crippen LogP contribution is -2.33. The Kier molecular flexibility index (Phi) is 3.30. The van der Waals surface area contributed by atoms with Gasteiger partial charge in [0, 0.05) is 0 Å². The smallest absolute Gasteiger partial charge is 0.422 e. The van der Waals surface area contributed by atoms with Crippen LogP contribution in [-0.4, -0.2) is 5.27 Å². The minimum Gasteiger partial charge on any atom is -0.539 e. The molecule has 0 unspecified atom stereocenters. The molecule has 1 aromatic carbocycles. The fourth-order valence-electron chi connectivity index (χ4n) is 1.67. The average molecular weight is 316 g/mol. The molecule has 1 aromatic heterocycles. The van der Waals surface area contributed by atoms with Crippen molar-refractivity contribution in [1.29, 1.82) is 0 Å². The average Bonchev–Trinajstić information content (AvgIpc) is 2.67. The third-order valence-electron chi connectivity index (χ3n) is 2.55. The van der Waals surface area contributed by atoms with E-state index in [0.29, 0.717) is 4.68 Å². The number of rotatable bonds is 1. The molecule has 1 heterocycles. The molecule has 2 rings (SSSR count). The summed E-state index contributed by atoms with van der Waals surface area (Å²) in [5.41, 5.74) is -5.43. The quantitative estimate of drug-likeness (QED) is 0.458. The molecule has 0 spiro atoms. The number of nitrogens with zero attached hydrogens (tertiary/aromatic N) is 2. The molecule has 114 valence electrons. The maximum absolute atomic E-state index is 13.7. The minimum absolute atomic E-state index is 0.427. The first kappa shape index (κ1) is 15.1. The fourth-order valence-corrected chi connectivity index (χ4v) is 1.67. The Morgan fingerprint density at radius 2 is 1.48 bits per heavy atom. The largest absolute Gasteiger partial charge is 0.539 e. The summed E-state index contributed by atoms with van der Waals surface area (Å²) in [7, 11) is 0.937. The first-order valence-corrected chi connectivity index (χ1v) is 5.03. The van der Waals surface area contributed by atoms with E-state index >= 15 is 0 Å². The van der Waals surface area contributed by atoms with Crippen molar-refractivity contribution >= 4 is 0 Å². The molecule has 0 bridgehead atoms. The Hall–Kier alpha value is -2.33. The summed E-state index contributed by atoms with van der Waals surface area (Å²) in [6, 6.07) is 0. The van der Waals surface area contributed by atoms with E-state index in [9.17, 15) is 35.8 Å². The second-order valence-electron chi connectivity index (χ2n) is 3.84. The normalized spacial score (nSPS) is 12.0. The fraction of sp³-hybridized carbons (Fsp3) is 0.200. The summed E-state index contributed by atoms with van der Waals surface area (Å²) in [6.07, 6.45) is -5.66. The molecule has 11 heteroatoms. The van der Waals surface area contributed by atoms with Crippen LogP contribution in [0.15, 0.2) is 4.52 Å². The summed E-state index contributed by atoms with van der Waals surface area (Å²) in [4.78, 5) is 0. The number of aryl methyl sites for hydroxylation is 1. The first-order chi connectivity index (χ1) is 9.57. The number of alkyl halides is 3. The summed E-state index contributed by atoms with van der Waals surface area (Å²) in [5.74, 6) is -11.6. The van der Waals surface area contributed by atoms with Crippen LogP contribution >= 0.6 is 0 Å². The van der Waals surface area contributed by atoms with E-state index in [1.807, 2.05) is 0 Å². The zero-order chi connectivity index (χ0) is 16.1. The van der Waals surface area contributed by atoms with Crippen molar-refractivity contribution in [2.75, 3.05) is 0 Å². The molecule has 0 atom stereocenters. The zero-order valence-corrected chi connectivity index (χ0v) is 9.86. The van der Waals surface area contributed by atoms with E-state index in [1.165, 1.54) is 0 Å². The highest BCUT2D eigenvalue weighted by Crippen LogP contribution is 2.40. The molecule has 0 saturated heterocycles. The molecule has 4 nitrogen and oxygen atoms in total. The number of aromatic nitrogens is 2. The van der Waals surface area contributed by atoms with Crippen molar-refractivity contribution in [3.05, 3.63) is 28.8 Å². The van der Waals surface area contributed by atoms with Gasteiger partial charge in [0.2, 0.25) is 0 Å². The van der Waals surface area contributed by atoms with Gasteiger partial charge in [-0.2, -0.15) is 13.2 Å². The van der Waals surface area contributed by atoms with Gasteiger partial charge < -0.3 is 9.63 Å². The predicted octanol–water partition coefficient (Wildman–Crippen LogP) is 1.81. The Morgan fingerprint density at radius 1 is 1.00 bits per heavy atom. The molecule has 0 aliphatic heterocycles. The number of halogens is 7. The predicted molar refractivity (Wildman–Crippen MR) is 47.4 cm³/mol. The third kappa shape index (κ3) is 2.17. The maximum Gasteiger partial charge on any atom is 0.422 e. The Morgan fingerprint density at radius 3 is 1.81 bits per heavy atom. The van der Waals surface area contributed by atoms with Gasteiger partial charge in [-0.1, -0.05) is 4.68 Å². The molecule has 0 aliphatic rings. The van der Waals surface area contributed by atoms with E-state index in [-0.39, 0.29) is 0 Å². The molecule has 0 saturated carbocycles. The second kappa shape index (κ2) is 4.60. The van der Waals surface area contributed by atoms with Gasteiger partial charge in [-0.3, -0.25) is 0 Å². The van der Waals surface area contributed by atoms with Gasteiger partial charge in [-0.05, 0) is 0 Å². The number of hydrogen-bond acceptors (Lipinski definition) is 3. The van der Waals surface area contributed by atoms with Crippen LogP contribution in [0.3, 0.4) is 0 Å². The van der Waals surface area contributed by atoms with Crippen LogP contribution in [0, 0.1) is 23.3 Å². The van der Waals surface area contributed by atoms with Crippen LogP contribution in [-0.2, 0) is 13.2 Å². The van der Waals surface area contributed by atoms with Crippen molar-refractivity contribution in [3.8, 4) is 17.2 Å². The van der Waals surface area contributed by atoms with Gasteiger partial charge in [-0.25, -0.2) is 17.6 Å². The standard InChI is InChI=1S/C10H3F7N2O2/c1-19-8(9(20)21-18-19)2-4(11)6(13)3(10(15,16)17)7(14)5(2)12/h1H3. The Bertz CT molecular complexity index is 675. The van der Waals surface area contributed by atoms with E-state index in [4.69, 9.17) is 0 Å². The molecule has 2 aromatic rings. The minimum atomic E-state index is -5.66. The van der Waals surface area contributed by atoms with Crippen molar-refractivity contribution in [2.45, 2.75) is 6.18 Å². The van der Waals surface area contributed by atoms with E-state index < -0.39 is 52.2 Å². The lowest BCUT2D eigenvalue weighted by atomic mass is 10.0. The van der Waals surface area contributed by atoms with Crippen LogP contribution in [0.25, 0.3) is 11.3 Å². The summed E-state index contributed by atoms with van der Waals surface area (Å²) in [6.45, 7) is 0. The number of hydrogen-bond donors (Lipinski definition) is 0. The maximum atomic E-state index is 13.7. The van der Waals surface area contributed by atoms with Gasteiger partial charge in [0.25, 0.3) is 5.69 Å². The van der Waals surface area contributed by atoms with Gasteiger partial charge >= 0.3 is 6.18 Å². The SMILES string of the molecule is C[n+]1noc([O-])c1-c1c(F)c(F)c(C(F)(F)F)c(F)c1F. The molecular weight excluding hydrogens is 313 g/mol. The third-order valence-corrected chi connectivity index (χ3v) is 2.55. The van der Waals surface area contributed by atoms with Crippen LogP contribution in [0.1, 0.15) is 5.56 Å². The highest BCUT2D eigenvalue weighted by molar-refractivity contribution is 5.62. The van der Waals surface area contributed by atoms with Gasteiger partial charge in [0.1, 0.15) is 11.1 Å². The van der Waals surface area contributed by atoms with Crippen LogP contribution in [0.5, 0.6) is 5.95 Å². The van der Waals surface area contributed by atoms with E-state index in [1.54, 1.807) is 0 Å². The lowest BCUT2D eigenvalue weighted by Gasteiger charge is -2.12. The van der Waals surface area contributed by atoms with Crippen molar-refractivity contribution < 1.29 is 45.0 Å². The Labute approximate surface area is 111 Å². The van der Waals surface area contributed by atoms with E-state index in [2.05, 4.69) is 9.79 Å². The molecule has 0 radical (unpaired) electrons. The van der Waals surface area contributed by atoms with Gasteiger partial charge in [0.15, 0.2) is 36.3 Å². The zero-order valence-electron chi connectivity index (χ0n) is 9.86. The highest BCUT2D eigenvalue weighted by Gasteiger charge is 2.44. The highest BCUT2D eigenvalue weighted by atomic mass is 19.4. The molecule has 21 heavy (non-hydrogen) atoms. The summed E-state index contributed by atoms with van der Waals surface area (Å²) >= 11 is 0. The van der Waals surface area contributed by atoms with Crippen molar-refractivity contribution in [1.82, 2.24) is 5.27 Å². The topological polar surface area (TPSA) is 53.0 Å².